The standard InChI is InChI=1S/C22H26ClNO2S/c1-4-26-22-15(2)5-7-20(24-22)18(13-16-9-11-25-12-10-16)17-6-8-21(27-3)19(23)14-17/h5-8,13-14,16H,4,9-12H2,1-3H3. The van der Waals surface area contributed by atoms with Gasteiger partial charge in [-0.2, -0.15) is 0 Å². The molecule has 0 amide bonds. The van der Waals surface area contributed by atoms with Crippen molar-refractivity contribution in [1.29, 1.82) is 0 Å². The molecule has 0 saturated carbocycles. The summed E-state index contributed by atoms with van der Waals surface area (Å²) < 4.78 is 11.2. The third-order valence-electron chi connectivity index (χ3n) is 4.74. The summed E-state index contributed by atoms with van der Waals surface area (Å²) in [6.45, 7) is 6.23. The molecule has 0 bridgehead atoms. The third kappa shape index (κ3) is 5.07. The van der Waals surface area contributed by atoms with E-state index in [0.717, 1.165) is 58.4 Å². The monoisotopic (exact) mass is 403 g/mol. The zero-order valence-corrected chi connectivity index (χ0v) is 17.7. The van der Waals surface area contributed by atoms with Crippen molar-refractivity contribution < 1.29 is 9.47 Å². The predicted octanol–water partition coefficient (Wildman–Crippen LogP) is 6.02. The number of nitrogens with zero attached hydrogens (tertiary/aromatic N) is 1. The molecule has 3 nitrogen and oxygen atoms in total. The molecule has 0 spiro atoms. The summed E-state index contributed by atoms with van der Waals surface area (Å²) in [6, 6.07) is 10.4. The van der Waals surface area contributed by atoms with Crippen LogP contribution in [0.4, 0.5) is 0 Å². The number of rotatable bonds is 6. The number of ether oxygens (including phenoxy) is 2. The average Bonchev–Trinajstić information content (AvgIpc) is 2.69. The average molecular weight is 404 g/mol. The number of thioether (sulfide) groups is 1. The summed E-state index contributed by atoms with van der Waals surface area (Å²) in [7, 11) is 0. The molecule has 1 aromatic carbocycles. The lowest BCUT2D eigenvalue weighted by molar-refractivity contribution is 0.0786. The molecule has 27 heavy (non-hydrogen) atoms. The fourth-order valence-corrected chi connectivity index (χ4v) is 4.09. The van der Waals surface area contributed by atoms with Gasteiger partial charge in [0.15, 0.2) is 0 Å². The van der Waals surface area contributed by atoms with Gasteiger partial charge in [0.25, 0.3) is 0 Å². The third-order valence-corrected chi connectivity index (χ3v) is 5.96. The van der Waals surface area contributed by atoms with Crippen molar-refractivity contribution in [2.75, 3.05) is 26.1 Å². The molecule has 1 fully saturated rings. The van der Waals surface area contributed by atoms with E-state index in [-0.39, 0.29) is 0 Å². The minimum atomic E-state index is 0.478. The Morgan fingerprint density at radius 2 is 2.07 bits per heavy atom. The molecule has 3 rings (SSSR count). The normalized spacial score (nSPS) is 15.8. The Morgan fingerprint density at radius 1 is 1.30 bits per heavy atom. The molecular formula is C22H26ClNO2S. The Labute approximate surface area is 171 Å². The Bertz CT molecular complexity index is 816. The highest BCUT2D eigenvalue weighted by atomic mass is 35.5. The summed E-state index contributed by atoms with van der Waals surface area (Å²) >= 11 is 8.15. The highest BCUT2D eigenvalue weighted by Gasteiger charge is 2.17. The number of benzene rings is 1. The van der Waals surface area contributed by atoms with Gasteiger partial charge in [-0.15, -0.1) is 11.8 Å². The number of halogens is 1. The molecule has 0 aliphatic carbocycles. The van der Waals surface area contributed by atoms with Crippen LogP contribution in [-0.4, -0.2) is 31.1 Å². The van der Waals surface area contributed by atoms with Crippen molar-refractivity contribution in [3.05, 3.63) is 58.3 Å². The first-order chi connectivity index (χ1) is 13.1. The molecular weight excluding hydrogens is 378 g/mol. The van der Waals surface area contributed by atoms with Gasteiger partial charge in [0.2, 0.25) is 5.88 Å². The molecule has 1 saturated heterocycles. The molecule has 1 aliphatic rings. The number of aromatic nitrogens is 1. The van der Waals surface area contributed by atoms with Gasteiger partial charge in [-0.05, 0) is 62.6 Å². The summed E-state index contributed by atoms with van der Waals surface area (Å²) in [4.78, 5) is 5.89. The minimum absolute atomic E-state index is 0.478. The van der Waals surface area contributed by atoms with Gasteiger partial charge >= 0.3 is 0 Å². The maximum absolute atomic E-state index is 6.50. The van der Waals surface area contributed by atoms with Crippen molar-refractivity contribution in [3.8, 4) is 5.88 Å². The molecule has 2 aromatic rings. The largest absolute Gasteiger partial charge is 0.478 e. The van der Waals surface area contributed by atoms with Gasteiger partial charge in [-0.1, -0.05) is 29.8 Å². The van der Waals surface area contributed by atoms with Gasteiger partial charge in [0, 0.05) is 29.2 Å². The van der Waals surface area contributed by atoms with Crippen molar-refractivity contribution in [2.45, 2.75) is 31.6 Å². The van der Waals surface area contributed by atoms with Crippen LogP contribution >= 0.6 is 23.4 Å². The first-order valence-corrected chi connectivity index (χ1v) is 11.0. The van der Waals surface area contributed by atoms with Gasteiger partial charge < -0.3 is 9.47 Å². The zero-order chi connectivity index (χ0) is 19.2. The van der Waals surface area contributed by atoms with Crippen molar-refractivity contribution >= 4 is 28.9 Å². The van der Waals surface area contributed by atoms with Crippen LogP contribution < -0.4 is 4.74 Å². The Kier molecular flexibility index (Phi) is 7.22. The zero-order valence-electron chi connectivity index (χ0n) is 16.1. The molecule has 0 unspecified atom stereocenters. The van der Waals surface area contributed by atoms with E-state index < -0.39 is 0 Å². The summed E-state index contributed by atoms with van der Waals surface area (Å²) in [5.74, 6) is 1.17. The molecule has 2 heterocycles. The number of hydrogen-bond acceptors (Lipinski definition) is 4. The topological polar surface area (TPSA) is 31.4 Å². The van der Waals surface area contributed by atoms with Crippen LogP contribution in [0.15, 0.2) is 41.3 Å². The number of aryl methyl sites for hydroxylation is 1. The Morgan fingerprint density at radius 3 is 2.74 bits per heavy atom. The second kappa shape index (κ2) is 9.63. The van der Waals surface area contributed by atoms with Gasteiger partial charge in [-0.3, -0.25) is 0 Å². The van der Waals surface area contributed by atoms with E-state index in [4.69, 9.17) is 26.1 Å². The quantitative estimate of drug-likeness (QED) is 0.551. The number of pyridine rings is 1. The molecule has 1 aliphatic heterocycles. The predicted molar refractivity (Wildman–Crippen MR) is 114 cm³/mol. The fourth-order valence-electron chi connectivity index (χ4n) is 3.22. The molecule has 5 heteroatoms. The smallest absolute Gasteiger partial charge is 0.216 e. The summed E-state index contributed by atoms with van der Waals surface area (Å²) in [5.41, 5.74) is 4.16. The van der Waals surface area contributed by atoms with Crippen molar-refractivity contribution in [3.63, 3.8) is 0 Å². The summed E-state index contributed by atoms with van der Waals surface area (Å²) in [6.07, 6.45) is 6.44. The lowest BCUT2D eigenvalue weighted by Gasteiger charge is -2.21. The van der Waals surface area contributed by atoms with Crippen LogP contribution in [0.25, 0.3) is 5.57 Å². The van der Waals surface area contributed by atoms with E-state index in [1.165, 1.54) is 0 Å². The molecule has 144 valence electrons. The lowest BCUT2D eigenvalue weighted by atomic mass is 9.92. The van der Waals surface area contributed by atoms with Crippen LogP contribution in [0.3, 0.4) is 0 Å². The van der Waals surface area contributed by atoms with Crippen molar-refractivity contribution in [2.24, 2.45) is 5.92 Å². The number of hydrogen-bond donors (Lipinski definition) is 0. The molecule has 0 N–H and O–H groups in total. The fraction of sp³-hybridized carbons (Fsp3) is 0.409. The van der Waals surface area contributed by atoms with Gasteiger partial charge in [0.05, 0.1) is 17.3 Å². The molecule has 0 radical (unpaired) electrons. The van der Waals surface area contributed by atoms with E-state index in [0.29, 0.717) is 18.4 Å². The lowest BCUT2D eigenvalue weighted by Crippen LogP contribution is -2.14. The van der Waals surface area contributed by atoms with E-state index in [2.05, 4.69) is 30.3 Å². The molecule has 1 aromatic heterocycles. The minimum Gasteiger partial charge on any atom is -0.478 e. The van der Waals surface area contributed by atoms with Crippen LogP contribution in [0.5, 0.6) is 5.88 Å². The van der Waals surface area contributed by atoms with Crippen LogP contribution in [-0.2, 0) is 4.74 Å². The second-order valence-corrected chi connectivity index (χ2v) is 7.89. The van der Waals surface area contributed by atoms with E-state index in [1.54, 1.807) is 11.8 Å². The highest BCUT2D eigenvalue weighted by molar-refractivity contribution is 7.98. The van der Waals surface area contributed by atoms with E-state index in [9.17, 15) is 0 Å². The van der Waals surface area contributed by atoms with Crippen molar-refractivity contribution in [1.82, 2.24) is 4.98 Å². The first-order valence-electron chi connectivity index (χ1n) is 9.36. The van der Waals surface area contributed by atoms with Crippen LogP contribution in [0.2, 0.25) is 5.02 Å². The Balaban J connectivity index is 2.06. The number of allylic oxidation sites excluding steroid dienone is 1. The van der Waals surface area contributed by atoms with E-state index >= 15 is 0 Å². The second-order valence-electron chi connectivity index (χ2n) is 6.63. The highest BCUT2D eigenvalue weighted by Crippen LogP contribution is 2.33. The Hall–Kier alpha value is -1.49. The summed E-state index contributed by atoms with van der Waals surface area (Å²) in [5, 5.41) is 0.773. The van der Waals surface area contributed by atoms with Gasteiger partial charge in [0.1, 0.15) is 0 Å². The van der Waals surface area contributed by atoms with Crippen LogP contribution in [0, 0.1) is 12.8 Å². The SMILES string of the molecule is CCOc1nc(C(=CC2CCOCC2)c2ccc(SC)c(Cl)c2)ccc1C. The first kappa shape index (κ1) is 20.2. The van der Waals surface area contributed by atoms with Gasteiger partial charge in [-0.25, -0.2) is 4.98 Å². The molecule has 0 atom stereocenters. The van der Waals surface area contributed by atoms with Crippen LogP contribution in [0.1, 0.15) is 36.6 Å². The maximum Gasteiger partial charge on any atom is 0.216 e. The maximum atomic E-state index is 6.50. The van der Waals surface area contributed by atoms with E-state index in [1.807, 2.05) is 26.2 Å².